The van der Waals surface area contributed by atoms with Crippen LogP contribution in [-0.2, 0) is 0 Å². The smallest absolute Gasteiger partial charge is 0.311 e. The molecular weight excluding hydrogens is 254 g/mol. The van der Waals surface area contributed by atoms with Crippen LogP contribution in [0.5, 0.6) is 5.75 Å². The van der Waals surface area contributed by atoms with E-state index in [0.29, 0.717) is 0 Å². The van der Waals surface area contributed by atoms with Gasteiger partial charge in [0, 0.05) is 29.6 Å². The van der Waals surface area contributed by atoms with E-state index in [1.54, 1.807) is 0 Å². The van der Waals surface area contributed by atoms with E-state index in [1.165, 1.54) is 19.2 Å². The quantitative estimate of drug-likeness (QED) is 0.209. The van der Waals surface area contributed by atoms with Crippen molar-refractivity contribution in [2.45, 2.75) is 0 Å². The third-order valence-electron chi connectivity index (χ3n) is 2.20. The van der Waals surface area contributed by atoms with E-state index in [2.05, 4.69) is 15.3 Å². The molecule has 9 heteroatoms. The van der Waals surface area contributed by atoms with Crippen molar-refractivity contribution in [2.24, 2.45) is 5.11 Å². The number of methoxy groups -OCH3 is 1. The second-order valence-corrected chi connectivity index (χ2v) is 3.35. The molecule has 0 bridgehead atoms. The number of amides is 1. The monoisotopic (exact) mass is 265 g/mol. The summed E-state index contributed by atoms with van der Waals surface area (Å²) in [4.78, 5) is 24.4. The maximum atomic E-state index is 11.7. The number of nitrogens with zero attached hydrogens (tertiary/aromatic N) is 4. The van der Waals surface area contributed by atoms with Crippen molar-refractivity contribution < 1.29 is 14.5 Å². The normalized spacial score (nSPS) is 9.32. The molecule has 9 nitrogen and oxygen atoms in total. The number of nitro groups is 1. The second-order valence-electron chi connectivity index (χ2n) is 3.35. The molecule has 19 heavy (non-hydrogen) atoms. The first-order valence-corrected chi connectivity index (χ1v) is 5.21. The first kappa shape index (κ1) is 14.3. The lowest BCUT2D eigenvalue weighted by molar-refractivity contribution is -0.385. The molecular formula is C10H11N5O4. The van der Waals surface area contributed by atoms with Crippen molar-refractivity contribution in [1.82, 2.24) is 5.32 Å². The van der Waals surface area contributed by atoms with Crippen LogP contribution in [0.4, 0.5) is 5.69 Å². The maximum Gasteiger partial charge on any atom is 0.311 e. The van der Waals surface area contributed by atoms with E-state index in [9.17, 15) is 14.9 Å². The van der Waals surface area contributed by atoms with E-state index in [1.807, 2.05) is 0 Å². The highest BCUT2D eigenvalue weighted by Gasteiger charge is 2.17. The lowest BCUT2D eigenvalue weighted by Crippen LogP contribution is -2.25. The summed E-state index contributed by atoms with van der Waals surface area (Å²) >= 11 is 0. The lowest BCUT2D eigenvalue weighted by Gasteiger charge is -2.05. The maximum absolute atomic E-state index is 11.7. The van der Waals surface area contributed by atoms with Crippen molar-refractivity contribution in [3.05, 3.63) is 44.3 Å². The number of nitrogens with one attached hydrogen (secondary N) is 1. The Hall–Kier alpha value is -2.80. The molecule has 1 N–H and O–H groups in total. The van der Waals surface area contributed by atoms with Crippen LogP contribution in [0.2, 0.25) is 0 Å². The number of benzene rings is 1. The molecule has 0 fully saturated rings. The summed E-state index contributed by atoms with van der Waals surface area (Å²) in [5, 5.41) is 16.5. The molecule has 0 saturated carbocycles. The first-order chi connectivity index (χ1) is 9.10. The molecule has 0 heterocycles. The molecule has 0 aliphatic rings. The van der Waals surface area contributed by atoms with Crippen LogP contribution in [0.1, 0.15) is 10.4 Å². The second kappa shape index (κ2) is 6.82. The van der Waals surface area contributed by atoms with Crippen molar-refractivity contribution >= 4 is 11.6 Å². The van der Waals surface area contributed by atoms with Crippen LogP contribution in [0.25, 0.3) is 10.4 Å². The molecule has 1 aromatic carbocycles. The Morgan fingerprint density at radius 1 is 1.63 bits per heavy atom. The molecule has 0 aliphatic heterocycles. The third-order valence-corrected chi connectivity index (χ3v) is 2.20. The highest BCUT2D eigenvalue weighted by atomic mass is 16.6. The fourth-order valence-electron chi connectivity index (χ4n) is 1.34. The van der Waals surface area contributed by atoms with Crippen LogP contribution in [0.3, 0.4) is 0 Å². The van der Waals surface area contributed by atoms with Gasteiger partial charge in [-0.1, -0.05) is 5.11 Å². The lowest BCUT2D eigenvalue weighted by atomic mass is 10.1. The zero-order chi connectivity index (χ0) is 14.3. The number of azide groups is 1. The fraction of sp³-hybridized carbons (Fsp3) is 0.300. The SMILES string of the molecule is COc1ccc(C(=O)NCCN=[N+]=[N-])cc1[N+](=O)[O-]. The summed E-state index contributed by atoms with van der Waals surface area (Å²) in [6, 6.07) is 3.89. The Bertz CT molecular complexity index is 539. The van der Waals surface area contributed by atoms with Crippen LogP contribution in [0, 0.1) is 10.1 Å². The highest BCUT2D eigenvalue weighted by Crippen LogP contribution is 2.27. The molecule has 100 valence electrons. The minimum atomic E-state index is -0.629. The van der Waals surface area contributed by atoms with Crippen LogP contribution >= 0.6 is 0 Å². The Morgan fingerprint density at radius 3 is 2.95 bits per heavy atom. The minimum absolute atomic E-state index is 0.0793. The highest BCUT2D eigenvalue weighted by molar-refractivity contribution is 5.95. The molecule has 1 amide bonds. The zero-order valence-electron chi connectivity index (χ0n) is 10.1. The van der Waals surface area contributed by atoms with Gasteiger partial charge >= 0.3 is 5.69 Å². The Morgan fingerprint density at radius 2 is 2.37 bits per heavy atom. The first-order valence-electron chi connectivity index (χ1n) is 5.21. The third kappa shape index (κ3) is 3.86. The van der Waals surface area contributed by atoms with Gasteiger partial charge in [0.05, 0.1) is 12.0 Å². The standard InChI is InChI=1S/C10H11N5O4/c1-19-9-3-2-7(6-8(9)15(17)18)10(16)12-4-5-13-14-11/h2-3,6H,4-5H2,1H3,(H,12,16). The average molecular weight is 265 g/mol. The van der Waals surface area contributed by atoms with Crippen LogP contribution in [0.15, 0.2) is 23.3 Å². The Balaban J connectivity index is 2.83. The molecule has 0 spiro atoms. The largest absolute Gasteiger partial charge is 0.490 e. The molecule has 0 radical (unpaired) electrons. The van der Waals surface area contributed by atoms with Crippen molar-refractivity contribution in [1.29, 1.82) is 0 Å². The van der Waals surface area contributed by atoms with Crippen LogP contribution in [-0.4, -0.2) is 31.0 Å². The van der Waals surface area contributed by atoms with E-state index in [-0.39, 0.29) is 30.1 Å². The summed E-state index contributed by atoms with van der Waals surface area (Å²) in [5.41, 5.74) is 7.91. The molecule has 0 aromatic heterocycles. The van der Waals surface area contributed by atoms with E-state index in [0.717, 1.165) is 6.07 Å². The van der Waals surface area contributed by atoms with E-state index in [4.69, 9.17) is 10.3 Å². The van der Waals surface area contributed by atoms with E-state index >= 15 is 0 Å². The van der Waals surface area contributed by atoms with Gasteiger partial charge in [0.15, 0.2) is 5.75 Å². The van der Waals surface area contributed by atoms with Gasteiger partial charge in [0.2, 0.25) is 0 Å². The molecule has 0 atom stereocenters. The molecule has 0 aliphatic carbocycles. The van der Waals surface area contributed by atoms with Crippen molar-refractivity contribution in [2.75, 3.05) is 20.2 Å². The van der Waals surface area contributed by atoms with Gasteiger partial charge in [0.25, 0.3) is 5.91 Å². The minimum Gasteiger partial charge on any atom is -0.490 e. The number of rotatable bonds is 6. The van der Waals surface area contributed by atoms with Gasteiger partial charge in [-0.25, -0.2) is 0 Å². The summed E-state index contributed by atoms with van der Waals surface area (Å²) in [6.45, 7) is 0.267. The van der Waals surface area contributed by atoms with Crippen molar-refractivity contribution in [3.63, 3.8) is 0 Å². The van der Waals surface area contributed by atoms with Gasteiger partial charge in [-0.05, 0) is 17.7 Å². The summed E-state index contributed by atoms with van der Waals surface area (Å²) in [5.74, 6) is -0.408. The van der Waals surface area contributed by atoms with E-state index < -0.39 is 10.8 Å². The predicted molar refractivity (Wildman–Crippen MR) is 66.0 cm³/mol. The summed E-state index contributed by atoms with van der Waals surface area (Å²) in [7, 11) is 1.31. The molecule has 0 unspecified atom stereocenters. The van der Waals surface area contributed by atoms with Gasteiger partial charge in [0.1, 0.15) is 0 Å². The average Bonchev–Trinajstić information content (AvgIpc) is 2.42. The summed E-state index contributed by atoms with van der Waals surface area (Å²) in [6.07, 6.45) is 0. The topological polar surface area (TPSA) is 130 Å². The van der Waals surface area contributed by atoms with Gasteiger partial charge in [-0.15, -0.1) is 0 Å². The Kier molecular flexibility index (Phi) is 5.12. The number of nitro benzene ring substituents is 1. The number of ether oxygens (including phenoxy) is 1. The number of hydrogen-bond donors (Lipinski definition) is 1. The van der Waals surface area contributed by atoms with Gasteiger partial charge in [-0.3, -0.25) is 14.9 Å². The van der Waals surface area contributed by atoms with Crippen molar-refractivity contribution in [3.8, 4) is 5.75 Å². The molecule has 1 rings (SSSR count). The number of carbonyl (C=O) groups is 1. The predicted octanol–water partition coefficient (Wildman–Crippen LogP) is 1.64. The fourth-order valence-corrected chi connectivity index (χ4v) is 1.34. The van der Waals surface area contributed by atoms with Gasteiger partial charge < -0.3 is 10.1 Å². The van der Waals surface area contributed by atoms with Gasteiger partial charge in [-0.2, -0.15) is 0 Å². The van der Waals surface area contributed by atoms with Crippen LogP contribution < -0.4 is 10.1 Å². The Labute approximate surface area is 108 Å². The summed E-state index contributed by atoms with van der Waals surface area (Å²) < 4.78 is 4.83. The zero-order valence-corrected chi connectivity index (χ0v) is 10.1. The number of carbonyl (C=O) groups excluding carboxylic acids is 1. The number of hydrogen-bond acceptors (Lipinski definition) is 5. The molecule has 0 saturated heterocycles. The molecule has 1 aromatic rings.